The van der Waals surface area contributed by atoms with Crippen molar-refractivity contribution in [2.24, 2.45) is 11.8 Å². The number of rotatable bonds is 0. The minimum atomic E-state index is 0.716. The molecule has 13 heavy (non-hydrogen) atoms. The van der Waals surface area contributed by atoms with Gasteiger partial charge in [-0.15, -0.1) is 0 Å². The Labute approximate surface area is 81.1 Å². The number of hydrogen-bond acceptors (Lipinski definition) is 1. The third-order valence-electron chi connectivity index (χ3n) is 3.09. The summed E-state index contributed by atoms with van der Waals surface area (Å²) in [4.78, 5) is 2.44. The van der Waals surface area contributed by atoms with E-state index in [0.29, 0.717) is 5.92 Å². The number of fused-ring (bicyclic) bond motifs is 1. The van der Waals surface area contributed by atoms with E-state index in [1.54, 1.807) is 5.70 Å². The molecule has 0 spiro atoms. The van der Waals surface area contributed by atoms with Crippen molar-refractivity contribution in [2.45, 2.75) is 33.1 Å². The van der Waals surface area contributed by atoms with Crippen LogP contribution < -0.4 is 0 Å². The molecule has 0 bridgehead atoms. The quantitative estimate of drug-likeness (QED) is 0.549. The van der Waals surface area contributed by atoms with Crippen LogP contribution in [0.2, 0.25) is 0 Å². The van der Waals surface area contributed by atoms with Crippen molar-refractivity contribution in [1.82, 2.24) is 4.90 Å². The molecule has 2 rings (SSSR count). The SMILES string of the molecule is CC1C=CN2CC(C)CCC2=CC1. The van der Waals surface area contributed by atoms with Gasteiger partial charge in [0, 0.05) is 12.2 Å². The molecule has 1 saturated heterocycles. The number of piperidine rings is 1. The molecule has 0 aromatic heterocycles. The monoisotopic (exact) mass is 177 g/mol. The molecule has 2 heterocycles. The second-order valence-corrected chi connectivity index (χ2v) is 4.55. The van der Waals surface area contributed by atoms with E-state index in [9.17, 15) is 0 Å². The van der Waals surface area contributed by atoms with Crippen LogP contribution in [0.15, 0.2) is 24.0 Å². The first-order valence-corrected chi connectivity index (χ1v) is 5.39. The Morgan fingerprint density at radius 1 is 1.38 bits per heavy atom. The van der Waals surface area contributed by atoms with E-state index in [-0.39, 0.29) is 0 Å². The maximum atomic E-state index is 2.44. The smallest absolute Gasteiger partial charge is 0.0247 e. The Balaban J connectivity index is 2.14. The van der Waals surface area contributed by atoms with E-state index in [4.69, 9.17) is 0 Å². The molecule has 0 aliphatic carbocycles. The molecule has 0 saturated carbocycles. The van der Waals surface area contributed by atoms with Crippen molar-refractivity contribution in [2.75, 3.05) is 6.54 Å². The van der Waals surface area contributed by atoms with Gasteiger partial charge in [-0.1, -0.05) is 26.0 Å². The predicted molar refractivity (Wildman–Crippen MR) is 56.1 cm³/mol. The largest absolute Gasteiger partial charge is 0.352 e. The molecular formula is C12H19N. The van der Waals surface area contributed by atoms with Crippen molar-refractivity contribution in [3.8, 4) is 0 Å². The maximum absolute atomic E-state index is 2.44. The van der Waals surface area contributed by atoms with Crippen LogP contribution in [0.25, 0.3) is 0 Å². The average molecular weight is 177 g/mol. The second kappa shape index (κ2) is 3.57. The van der Waals surface area contributed by atoms with Crippen molar-refractivity contribution >= 4 is 0 Å². The summed E-state index contributed by atoms with van der Waals surface area (Å²) < 4.78 is 0. The Morgan fingerprint density at radius 3 is 3.08 bits per heavy atom. The van der Waals surface area contributed by atoms with E-state index in [2.05, 4.69) is 37.1 Å². The van der Waals surface area contributed by atoms with Gasteiger partial charge in [0.1, 0.15) is 0 Å². The van der Waals surface area contributed by atoms with Gasteiger partial charge >= 0.3 is 0 Å². The highest BCUT2D eigenvalue weighted by atomic mass is 15.1. The number of hydrogen-bond donors (Lipinski definition) is 0. The van der Waals surface area contributed by atoms with Crippen LogP contribution in [0.5, 0.6) is 0 Å². The van der Waals surface area contributed by atoms with Crippen molar-refractivity contribution in [3.05, 3.63) is 24.0 Å². The number of allylic oxidation sites excluding steroid dienone is 3. The Hall–Kier alpha value is -0.720. The summed E-state index contributed by atoms with van der Waals surface area (Å²) in [6.45, 7) is 5.85. The molecule has 2 unspecified atom stereocenters. The van der Waals surface area contributed by atoms with E-state index in [1.165, 1.54) is 25.8 Å². The van der Waals surface area contributed by atoms with Gasteiger partial charge in [-0.25, -0.2) is 0 Å². The summed E-state index contributed by atoms with van der Waals surface area (Å²) in [6, 6.07) is 0. The van der Waals surface area contributed by atoms with Gasteiger partial charge in [-0.2, -0.15) is 0 Å². The molecule has 72 valence electrons. The van der Waals surface area contributed by atoms with Crippen molar-refractivity contribution in [1.29, 1.82) is 0 Å². The number of nitrogens with zero attached hydrogens (tertiary/aromatic N) is 1. The molecule has 1 heteroatoms. The first kappa shape index (κ1) is 8.86. The van der Waals surface area contributed by atoms with Gasteiger partial charge in [0.25, 0.3) is 0 Å². The molecule has 0 aromatic carbocycles. The Bertz CT molecular complexity index is 240. The third-order valence-corrected chi connectivity index (χ3v) is 3.09. The van der Waals surface area contributed by atoms with Gasteiger partial charge in [0.15, 0.2) is 0 Å². The summed E-state index contributed by atoms with van der Waals surface area (Å²) >= 11 is 0. The highest BCUT2D eigenvalue weighted by molar-refractivity contribution is 5.13. The lowest BCUT2D eigenvalue weighted by atomic mass is 9.97. The molecule has 0 amide bonds. The third kappa shape index (κ3) is 1.96. The normalized spacial score (nSPS) is 33.7. The van der Waals surface area contributed by atoms with E-state index < -0.39 is 0 Å². The highest BCUT2D eigenvalue weighted by Gasteiger charge is 2.19. The maximum Gasteiger partial charge on any atom is 0.0247 e. The molecule has 2 atom stereocenters. The van der Waals surface area contributed by atoms with Gasteiger partial charge in [0.2, 0.25) is 0 Å². The van der Waals surface area contributed by atoms with Crippen LogP contribution in [-0.4, -0.2) is 11.4 Å². The highest BCUT2D eigenvalue weighted by Crippen LogP contribution is 2.28. The predicted octanol–water partition coefficient (Wildman–Crippen LogP) is 3.16. The van der Waals surface area contributed by atoms with Gasteiger partial charge in [0.05, 0.1) is 0 Å². The van der Waals surface area contributed by atoms with E-state index in [0.717, 1.165) is 5.92 Å². The lowest BCUT2D eigenvalue weighted by molar-refractivity contribution is 0.303. The molecule has 2 aliphatic rings. The van der Waals surface area contributed by atoms with Crippen LogP contribution >= 0.6 is 0 Å². The summed E-state index contributed by atoms with van der Waals surface area (Å²) in [6.07, 6.45) is 10.9. The molecule has 0 N–H and O–H groups in total. The fourth-order valence-corrected chi connectivity index (χ4v) is 2.11. The Kier molecular flexibility index (Phi) is 2.43. The van der Waals surface area contributed by atoms with Crippen molar-refractivity contribution < 1.29 is 0 Å². The van der Waals surface area contributed by atoms with Crippen LogP contribution in [0.3, 0.4) is 0 Å². The average Bonchev–Trinajstić information content (AvgIpc) is 2.29. The van der Waals surface area contributed by atoms with Crippen LogP contribution in [0, 0.1) is 11.8 Å². The van der Waals surface area contributed by atoms with Gasteiger partial charge in [-0.05, 0) is 37.3 Å². The molecule has 2 aliphatic heterocycles. The lowest BCUT2D eigenvalue weighted by Gasteiger charge is -2.32. The topological polar surface area (TPSA) is 3.24 Å². The summed E-state index contributed by atoms with van der Waals surface area (Å²) in [7, 11) is 0. The van der Waals surface area contributed by atoms with E-state index in [1.807, 2.05) is 0 Å². The summed E-state index contributed by atoms with van der Waals surface area (Å²) in [5, 5.41) is 0. The van der Waals surface area contributed by atoms with Crippen molar-refractivity contribution in [3.63, 3.8) is 0 Å². The first-order valence-electron chi connectivity index (χ1n) is 5.39. The fraction of sp³-hybridized carbons (Fsp3) is 0.667. The second-order valence-electron chi connectivity index (χ2n) is 4.55. The minimum Gasteiger partial charge on any atom is -0.352 e. The fourth-order valence-electron chi connectivity index (χ4n) is 2.11. The van der Waals surface area contributed by atoms with E-state index >= 15 is 0 Å². The zero-order chi connectivity index (χ0) is 9.26. The van der Waals surface area contributed by atoms with Crippen LogP contribution in [0.4, 0.5) is 0 Å². The molecule has 1 nitrogen and oxygen atoms in total. The Morgan fingerprint density at radius 2 is 2.23 bits per heavy atom. The van der Waals surface area contributed by atoms with Crippen LogP contribution in [0.1, 0.15) is 33.1 Å². The molecule has 0 radical (unpaired) electrons. The van der Waals surface area contributed by atoms with Crippen LogP contribution in [-0.2, 0) is 0 Å². The standard InChI is InChI=1S/C12H19N/c1-10-3-5-12-6-4-11(2)9-13(12)8-7-10/h5,7-8,10-11H,3-4,6,9H2,1-2H3. The lowest BCUT2D eigenvalue weighted by Crippen LogP contribution is -2.27. The zero-order valence-electron chi connectivity index (χ0n) is 8.66. The molecule has 0 aromatic rings. The minimum absolute atomic E-state index is 0.716. The zero-order valence-corrected chi connectivity index (χ0v) is 8.66. The molecule has 1 fully saturated rings. The molecular weight excluding hydrogens is 158 g/mol. The first-order chi connectivity index (χ1) is 6.25. The van der Waals surface area contributed by atoms with Gasteiger partial charge < -0.3 is 4.90 Å². The summed E-state index contributed by atoms with van der Waals surface area (Å²) in [5.74, 6) is 1.57. The van der Waals surface area contributed by atoms with Gasteiger partial charge in [-0.3, -0.25) is 0 Å². The summed E-state index contributed by atoms with van der Waals surface area (Å²) in [5.41, 5.74) is 1.55.